The van der Waals surface area contributed by atoms with Crippen LogP contribution in [0.25, 0.3) is 6.08 Å². The number of aryl methyl sites for hydroxylation is 1. The minimum atomic E-state index is 0.202. The molecule has 0 bridgehead atoms. The van der Waals surface area contributed by atoms with Crippen LogP contribution in [0.3, 0.4) is 0 Å². The molecule has 1 aromatic heterocycles. The summed E-state index contributed by atoms with van der Waals surface area (Å²) in [5.74, 6) is 0.202. The van der Waals surface area contributed by atoms with Crippen molar-refractivity contribution in [3.63, 3.8) is 0 Å². The third kappa shape index (κ3) is 2.67. The summed E-state index contributed by atoms with van der Waals surface area (Å²) in [7, 11) is 0. The predicted molar refractivity (Wildman–Crippen MR) is 94.7 cm³/mol. The van der Waals surface area contributed by atoms with Crippen molar-refractivity contribution in [2.45, 2.75) is 20.4 Å². The standard InChI is InChI=1S/C16H15N3OS2/c1-3-19-15(20)13(22-16(19)21)8-12-9-17-18-14(12)11-6-4-10(2)5-7-11/h4-9,20H,3H2,1-2H3/b12-8-. The van der Waals surface area contributed by atoms with Crippen molar-refractivity contribution in [1.29, 1.82) is 0 Å². The second kappa shape index (κ2) is 5.98. The van der Waals surface area contributed by atoms with E-state index in [2.05, 4.69) is 10.2 Å². The summed E-state index contributed by atoms with van der Waals surface area (Å²) in [4.78, 5) is 0.731. The molecule has 0 atom stereocenters. The van der Waals surface area contributed by atoms with Gasteiger partial charge in [0.15, 0.2) is 3.95 Å². The van der Waals surface area contributed by atoms with Crippen LogP contribution in [0.5, 0.6) is 5.88 Å². The first-order chi connectivity index (χ1) is 10.6. The average Bonchev–Trinajstić information content (AvgIpc) is 3.06. The van der Waals surface area contributed by atoms with Gasteiger partial charge in [-0.25, -0.2) is 0 Å². The van der Waals surface area contributed by atoms with Gasteiger partial charge in [0, 0.05) is 17.7 Å². The SMILES string of the molecule is CCn1c(O)c(/C=C2/C=NN=C2c2ccc(C)cc2)sc1=S. The van der Waals surface area contributed by atoms with Crippen LogP contribution >= 0.6 is 23.6 Å². The molecule has 6 heteroatoms. The number of hydrogen-bond acceptors (Lipinski definition) is 5. The van der Waals surface area contributed by atoms with E-state index in [1.54, 1.807) is 10.8 Å². The van der Waals surface area contributed by atoms with Gasteiger partial charge >= 0.3 is 0 Å². The molecule has 1 N–H and O–H groups in total. The fourth-order valence-electron chi connectivity index (χ4n) is 2.24. The van der Waals surface area contributed by atoms with Crippen LogP contribution in [0.2, 0.25) is 0 Å². The number of aromatic nitrogens is 1. The smallest absolute Gasteiger partial charge is 0.210 e. The lowest BCUT2D eigenvalue weighted by atomic mass is 10.0. The number of benzene rings is 1. The van der Waals surface area contributed by atoms with Gasteiger partial charge in [-0.1, -0.05) is 29.8 Å². The Labute approximate surface area is 137 Å². The molecular weight excluding hydrogens is 314 g/mol. The zero-order chi connectivity index (χ0) is 15.7. The quantitative estimate of drug-likeness (QED) is 0.859. The van der Waals surface area contributed by atoms with Crippen LogP contribution in [0.15, 0.2) is 40.0 Å². The van der Waals surface area contributed by atoms with Crippen LogP contribution in [0, 0.1) is 10.9 Å². The summed E-state index contributed by atoms with van der Waals surface area (Å²) in [5.41, 5.74) is 3.89. The molecule has 0 aliphatic carbocycles. The van der Waals surface area contributed by atoms with Crippen LogP contribution in [0.4, 0.5) is 0 Å². The van der Waals surface area contributed by atoms with E-state index in [0.29, 0.717) is 10.5 Å². The Morgan fingerprint density at radius 2 is 2.05 bits per heavy atom. The molecule has 1 aliphatic heterocycles. The maximum atomic E-state index is 10.2. The summed E-state index contributed by atoms with van der Waals surface area (Å²) in [6.07, 6.45) is 3.59. The van der Waals surface area contributed by atoms with Gasteiger partial charge in [-0.05, 0) is 32.1 Å². The molecule has 0 saturated carbocycles. The third-order valence-electron chi connectivity index (χ3n) is 3.45. The maximum absolute atomic E-state index is 10.2. The monoisotopic (exact) mass is 329 g/mol. The zero-order valence-electron chi connectivity index (χ0n) is 12.3. The Morgan fingerprint density at radius 1 is 1.32 bits per heavy atom. The summed E-state index contributed by atoms with van der Waals surface area (Å²) >= 11 is 6.65. The highest BCUT2D eigenvalue weighted by molar-refractivity contribution is 7.73. The Bertz CT molecular complexity index is 855. The number of allylic oxidation sites excluding steroid dienone is 1. The molecule has 3 rings (SSSR count). The molecule has 0 spiro atoms. The van der Waals surface area contributed by atoms with Crippen molar-refractivity contribution in [3.05, 3.63) is 49.8 Å². The topological polar surface area (TPSA) is 49.9 Å². The highest BCUT2D eigenvalue weighted by atomic mass is 32.1. The van der Waals surface area contributed by atoms with Gasteiger partial charge in [-0.3, -0.25) is 4.57 Å². The first kappa shape index (κ1) is 14.9. The van der Waals surface area contributed by atoms with E-state index in [0.717, 1.165) is 21.7 Å². The minimum absolute atomic E-state index is 0.202. The summed E-state index contributed by atoms with van der Waals surface area (Å²) in [6.45, 7) is 4.65. The van der Waals surface area contributed by atoms with Crippen LogP contribution in [-0.2, 0) is 6.54 Å². The Balaban J connectivity index is 2.01. The summed E-state index contributed by atoms with van der Waals surface area (Å²) in [6, 6.07) is 8.14. The van der Waals surface area contributed by atoms with Gasteiger partial charge in [-0.2, -0.15) is 5.10 Å². The Kier molecular flexibility index (Phi) is 4.04. The molecule has 1 aliphatic rings. The van der Waals surface area contributed by atoms with Crippen molar-refractivity contribution in [2.75, 3.05) is 0 Å². The number of aromatic hydroxyl groups is 1. The van der Waals surface area contributed by atoms with Gasteiger partial charge < -0.3 is 5.11 Å². The first-order valence-electron chi connectivity index (χ1n) is 6.93. The number of hydrogen-bond donors (Lipinski definition) is 1. The van der Waals surface area contributed by atoms with Gasteiger partial charge in [0.2, 0.25) is 5.88 Å². The molecule has 1 aromatic carbocycles. The molecule has 0 unspecified atom stereocenters. The normalized spacial score (nSPS) is 15.5. The molecule has 4 nitrogen and oxygen atoms in total. The van der Waals surface area contributed by atoms with Crippen molar-refractivity contribution in [1.82, 2.24) is 4.57 Å². The van der Waals surface area contributed by atoms with Gasteiger partial charge in [0.05, 0.1) is 11.1 Å². The highest BCUT2D eigenvalue weighted by Gasteiger charge is 2.16. The zero-order valence-corrected chi connectivity index (χ0v) is 13.9. The first-order valence-corrected chi connectivity index (χ1v) is 8.15. The molecule has 22 heavy (non-hydrogen) atoms. The molecule has 0 amide bonds. The molecule has 2 heterocycles. The number of rotatable bonds is 3. The molecule has 112 valence electrons. The lowest BCUT2D eigenvalue weighted by Gasteiger charge is -2.03. The number of nitrogens with zero attached hydrogens (tertiary/aromatic N) is 3. The van der Waals surface area contributed by atoms with E-state index in [9.17, 15) is 5.11 Å². The predicted octanol–water partition coefficient (Wildman–Crippen LogP) is 4.19. The van der Waals surface area contributed by atoms with Crippen molar-refractivity contribution < 1.29 is 5.11 Å². The van der Waals surface area contributed by atoms with E-state index in [1.807, 2.05) is 44.2 Å². The average molecular weight is 329 g/mol. The van der Waals surface area contributed by atoms with E-state index in [-0.39, 0.29) is 5.88 Å². The Hall–Kier alpha value is -2.05. The number of thiazole rings is 1. The van der Waals surface area contributed by atoms with Crippen LogP contribution in [-0.4, -0.2) is 21.6 Å². The fraction of sp³-hybridized carbons (Fsp3) is 0.188. The molecule has 0 saturated heterocycles. The van der Waals surface area contributed by atoms with Gasteiger partial charge in [0.1, 0.15) is 5.71 Å². The van der Waals surface area contributed by atoms with Gasteiger partial charge in [-0.15, -0.1) is 16.4 Å². The van der Waals surface area contributed by atoms with Gasteiger partial charge in [0.25, 0.3) is 0 Å². The highest BCUT2D eigenvalue weighted by Crippen LogP contribution is 2.29. The maximum Gasteiger partial charge on any atom is 0.210 e. The third-order valence-corrected chi connectivity index (χ3v) is 4.84. The lowest BCUT2D eigenvalue weighted by molar-refractivity contribution is 0.419. The van der Waals surface area contributed by atoms with Crippen molar-refractivity contribution in [3.8, 4) is 5.88 Å². The molecular formula is C16H15N3OS2. The molecule has 0 radical (unpaired) electrons. The summed E-state index contributed by atoms with van der Waals surface area (Å²) < 4.78 is 2.37. The van der Waals surface area contributed by atoms with Crippen molar-refractivity contribution in [2.24, 2.45) is 10.2 Å². The van der Waals surface area contributed by atoms with E-state index >= 15 is 0 Å². The second-order valence-corrected chi connectivity index (χ2v) is 6.63. The van der Waals surface area contributed by atoms with E-state index < -0.39 is 0 Å². The molecule has 0 fully saturated rings. The van der Waals surface area contributed by atoms with E-state index in [1.165, 1.54) is 16.9 Å². The summed E-state index contributed by atoms with van der Waals surface area (Å²) in [5, 5.41) is 18.4. The van der Waals surface area contributed by atoms with Crippen LogP contribution < -0.4 is 0 Å². The Morgan fingerprint density at radius 3 is 2.68 bits per heavy atom. The van der Waals surface area contributed by atoms with E-state index in [4.69, 9.17) is 12.2 Å². The van der Waals surface area contributed by atoms with Crippen molar-refractivity contribution >= 4 is 41.6 Å². The largest absolute Gasteiger partial charge is 0.493 e. The lowest BCUT2D eigenvalue weighted by Crippen LogP contribution is -2.02. The van der Waals surface area contributed by atoms with Crippen LogP contribution in [0.1, 0.15) is 22.9 Å². The fourth-order valence-corrected chi connectivity index (χ4v) is 3.62. The second-order valence-electron chi connectivity index (χ2n) is 4.96. The minimum Gasteiger partial charge on any atom is -0.493 e. The molecule has 2 aromatic rings.